The van der Waals surface area contributed by atoms with E-state index in [9.17, 15) is 4.79 Å². The van der Waals surface area contributed by atoms with E-state index in [4.69, 9.17) is 0 Å². The van der Waals surface area contributed by atoms with Gasteiger partial charge in [-0.3, -0.25) is 9.69 Å². The van der Waals surface area contributed by atoms with E-state index in [1.807, 2.05) is 36.3 Å². The van der Waals surface area contributed by atoms with E-state index in [0.29, 0.717) is 12.6 Å². The number of hydrogen-bond acceptors (Lipinski definition) is 3. The van der Waals surface area contributed by atoms with Crippen LogP contribution in [0.1, 0.15) is 50.8 Å². The summed E-state index contributed by atoms with van der Waals surface area (Å²) in [6.45, 7) is 1.61. The Morgan fingerprint density at radius 3 is 2.67 bits per heavy atom. The molecule has 2 fully saturated rings. The number of nitrogens with one attached hydrogen (secondary N) is 1. The van der Waals surface area contributed by atoms with Gasteiger partial charge in [0.25, 0.3) is 0 Å². The first-order valence-corrected chi connectivity index (χ1v) is 10.3. The Kier molecular flexibility index (Phi) is 5.58. The molecule has 0 radical (unpaired) electrons. The van der Waals surface area contributed by atoms with Crippen molar-refractivity contribution in [3.63, 3.8) is 0 Å². The summed E-state index contributed by atoms with van der Waals surface area (Å²) in [5.41, 5.74) is 2.11. The minimum Gasteiger partial charge on any atom is -0.341 e. The fourth-order valence-corrected chi connectivity index (χ4v) is 4.66. The first-order valence-electron chi connectivity index (χ1n) is 10.3. The zero-order valence-electron chi connectivity index (χ0n) is 16.2. The van der Waals surface area contributed by atoms with Crippen molar-refractivity contribution in [1.29, 1.82) is 0 Å². The highest BCUT2D eigenvalue weighted by Crippen LogP contribution is 2.30. The standard InChI is InChI=1S/C22H30N4O/c1-25(16-21-23-15-19(24-21)17-9-3-2-4-10-17)22(27)20-13-7-8-14-26(20)18-11-5-6-12-18/h2-4,9-10,15,18,20H,5-8,11-14,16H2,1H3,(H,23,24). The molecule has 1 saturated heterocycles. The van der Waals surface area contributed by atoms with E-state index in [-0.39, 0.29) is 11.9 Å². The summed E-state index contributed by atoms with van der Waals surface area (Å²) < 4.78 is 0. The third-order valence-corrected chi connectivity index (χ3v) is 6.10. The number of aromatic nitrogens is 2. The number of hydrogen-bond donors (Lipinski definition) is 1. The lowest BCUT2D eigenvalue weighted by atomic mass is 9.98. The Hall–Kier alpha value is -2.14. The number of rotatable bonds is 5. The molecule has 1 atom stereocenters. The van der Waals surface area contributed by atoms with Crippen LogP contribution in [0.15, 0.2) is 36.5 Å². The molecule has 1 saturated carbocycles. The lowest BCUT2D eigenvalue weighted by Gasteiger charge is -2.40. The maximum Gasteiger partial charge on any atom is 0.240 e. The van der Waals surface area contributed by atoms with Gasteiger partial charge in [0.05, 0.1) is 24.5 Å². The number of carbonyl (C=O) groups is 1. The minimum absolute atomic E-state index is 0.0513. The average Bonchev–Trinajstić information content (AvgIpc) is 3.40. The van der Waals surface area contributed by atoms with Crippen molar-refractivity contribution in [3.05, 3.63) is 42.4 Å². The van der Waals surface area contributed by atoms with Crippen molar-refractivity contribution < 1.29 is 4.79 Å². The molecular weight excluding hydrogens is 336 g/mol. The second kappa shape index (κ2) is 8.26. The van der Waals surface area contributed by atoms with Crippen molar-refractivity contribution in [2.45, 2.75) is 63.6 Å². The Bertz CT molecular complexity index is 751. The van der Waals surface area contributed by atoms with E-state index < -0.39 is 0 Å². The third kappa shape index (κ3) is 4.08. The quantitative estimate of drug-likeness (QED) is 0.875. The molecule has 2 aliphatic rings. The first-order chi connectivity index (χ1) is 13.2. The van der Waals surface area contributed by atoms with Crippen LogP contribution in [0.5, 0.6) is 0 Å². The summed E-state index contributed by atoms with van der Waals surface area (Å²) in [6.07, 6.45) is 10.4. The Labute approximate surface area is 161 Å². The second-order valence-corrected chi connectivity index (χ2v) is 7.99. The molecule has 1 aliphatic carbocycles. The highest BCUT2D eigenvalue weighted by molar-refractivity contribution is 5.81. The monoisotopic (exact) mass is 366 g/mol. The molecule has 144 valence electrons. The molecule has 1 aliphatic heterocycles. The first kappa shape index (κ1) is 18.2. The van der Waals surface area contributed by atoms with Gasteiger partial charge in [-0.1, -0.05) is 49.6 Å². The number of nitrogens with zero attached hydrogens (tertiary/aromatic N) is 3. The fourth-order valence-electron chi connectivity index (χ4n) is 4.66. The van der Waals surface area contributed by atoms with Crippen molar-refractivity contribution in [3.8, 4) is 11.3 Å². The Morgan fingerprint density at radius 2 is 1.89 bits per heavy atom. The van der Waals surface area contributed by atoms with Crippen LogP contribution in [-0.4, -0.2) is 51.4 Å². The molecule has 1 N–H and O–H groups in total. The molecule has 2 heterocycles. The minimum atomic E-state index is 0.0513. The molecule has 1 aromatic carbocycles. The molecule has 27 heavy (non-hydrogen) atoms. The number of H-pyrrole nitrogens is 1. The molecule has 2 aromatic rings. The van der Waals surface area contributed by atoms with Crippen molar-refractivity contribution in [2.24, 2.45) is 0 Å². The number of piperidine rings is 1. The SMILES string of the molecule is CN(Cc1ncc(-c2ccccc2)[nH]1)C(=O)C1CCCCN1C1CCCC1. The fraction of sp³-hybridized carbons (Fsp3) is 0.545. The molecular formula is C22H30N4O. The van der Waals surface area contributed by atoms with Gasteiger partial charge in [-0.05, 0) is 37.8 Å². The molecule has 5 nitrogen and oxygen atoms in total. The van der Waals surface area contributed by atoms with Gasteiger partial charge in [0.1, 0.15) is 5.82 Å². The molecule has 1 unspecified atom stereocenters. The van der Waals surface area contributed by atoms with Gasteiger partial charge in [-0.2, -0.15) is 0 Å². The normalized spacial score (nSPS) is 21.4. The van der Waals surface area contributed by atoms with Gasteiger partial charge in [-0.25, -0.2) is 4.98 Å². The van der Waals surface area contributed by atoms with Crippen molar-refractivity contribution >= 4 is 5.91 Å². The van der Waals surface area contributed by atoms with Crippen LogP contribution in [0.2, 0.25) is 0 Å². The van der Waals surface area contributed by atoms with Crippen LogP contribution in [0, 0.1) is 0 Å². The summed E-state index contributed by atoms with van der Waals surface area (Å²) in [6, 6.07) is 10.8. The van der Waals surface area contributed by atoms with E-state index in [1.54, 1.807) is 0 Å². The lowest BCUT2D eigenvalue weighted by molar-refractivity contribution is -0.138. The zero-order chi connectivity index (χ0) is 18.6. The van der Waals surface area contributed by atoms with Crippen LogP contribution in [-0.2, 0) is 11.3 Å². The lowest BCUT2D eigenvalue weighted by Crippen LogP contribution is -2.53. The van der Waals surface area contributed by atoms with E-state index in [0.717, 1.165) is 36.5 Å². The van der Waals surface area contributed by atoms with Crippen LogP contribution in [0.3, 0.4) is 0 Å². The topological polar surface area (TPSA) is 52.2 Å². The van der Waals surface area contributed by atoms with Gasteiger partial charge in [0, 0.05) is 13.1 Å². The summed E-state index contributed by atoms with van der Waals surface area (Å²) in [5, 5.41) is 0. The number of aromatic amines is 1. The van der Waals surface area contributed by atoms with Gasteiger partial charge in [0.15, 0.2) is 0 Å². The Balaban J connectivity index is 1.42. The number of imidazole rings is 1. The van der Waals surface area contributed by atoms with E-state index in [1.165, 1.54) is 32.1 Å². The van der Waals surface area contributed by atoms with Gasteiger partial charge in [-0.15, -0.1) is 0 Å². The molecule has 1 amide bonds. The van der Waals surface area contributed by atoms with E-state index >= 15 is 0 Å². The smallest absolute Gasteiger partial charge is 0.240 e. The van der Waals surface area contributed by atoms with Gasteiger partial charge < -0.3 is 9.88 Å². The molecule has 5 heteroatoms. The summed E-state index contributed by atoms with van der Waals surface area (Å²) in [5.74, 6) is 1.09. The number of benzene rings is 1. The van der Waals surface area contributed by atoms with Crippen LogP contribution in [0.4, 0.5) is 0 Å². The number of carbonyl (C=O) groups excluding carboxylic acids is 1. The maximum absolute atomic E-state index is 13.2. The highest BCUT2D eigenvalue weighted by atomic mass is 16.2. The summed E-state index contributed by atoms with van der Waals surface area (Å²) >= 11 is 0. The number of likely N-dealkylation sites (N-methyl/N-ethyl adjacent to an activating group) is 1. The average molecular weight is 367 g/mol. The predicted molar refractivity (Wildman–Crippen MR) is 107 cm³/mol. The number of likely N-dealkylation sites (tertiary alicyclic amines) is 1. The predicted octanol–water partition coefficient (Wildman–Crippen LogP) is 3.83. The second-order valence-electron chi connectivity index (χ2n) is 7.99. The van der Waals surface area contributed by atoms with Crippen molar-refractivity contribution in [2.75, 3.05) is 13.6 Å². The van der Waals surface area contributed by atoms with Crippen LogP contribution in [0.25, 0.3) is 11.3 Å². The van der Waals surface area contributed by atoms with Crippen molar-refractivity contribution in [1.82, 2.24) is 19.8 Å². The molecule has 4 rings (SSSR count). The third-order valence-electron chi connectivity index (χ3n) is 6.10. The molecule has 1 aromatic heterocycles. The van der Waals surface area contributed by atoms with Gasteiger partial charge >= 0.3 is 0 Å². The summed E-state index contributed by atoms with van der Waals surface area (Å²) in [7, 11) is 1.91. The maximum atomic E-state index is 13.2. The zero-order valence-corrected chi connectivity index (χ0v) is 16.2. The van der Waals surface area contributed by atoms with Crippen LogP contribution < -0.4 is 0 Å². The van der Waals surface area contributed by atoms with E-state index in [2.05, 4.69) is 27.0 Å². The highest BCUT2D eigenvalue weighted by Gasteiger charge is 2.36. The molecule has 0 bridgehead atoms. The Morgan fingerprint density at radius 1 is 1.15 bits per heavy atom. The number of amides is 1. The molecule has 0 spiro atoms. The van der Waals surface area contributed by atoms with Gasteiger partial charge in [0.2, 0.25) is 5.91 Å². The summed E-state index contributed by atoms with van der Waals surface area (Å²) in [4.78, 5) is 25.4. The van der Waals surface area contributed by atoms with Crippen LogP contribution >= 0.6 is 0 Å². The largest absolute Gasteiger partial charge is 0.341 e.